The molecule has 3 atom stereocenters. The topological polar surface area (TPSA) is 113 Å². The molecule has 0 spiro atoms. The summed E-state index contributed by atoms with van der Waals surface area (Å²) in [5.74, 6) is -0.286. The molecule has 0 bridgehead atoms. The minimum atomic E-state index is -2.45. The van der Waals surface area contributed by atoms with Gasteiger partial charge in [-0.15, -0.1) is 0 Å². The number of carboxylic acid groups (broad SMARTS) is 1. The number of hydrogen-bond donors (Lipinski definition) is 2. The normalized spacial score (nSPS) is 13.9. The molecule has 3 rings (SSSR count). The SMILES string of the molecule is COCCOc1ccc(CC(NC(=O)OC(C)(C)C)C(CC(Cc2ccc(OCc3ccccc3)cc2)C(=O)O)O[Si](C)(C)C(C)(C)C)cc1. The van der Waals surface area contributed by atoms with Gasteiger partial charge in [-0.2, -0.15) is 0 Å². The van der Waals surface area contributed by atoms with Crippen molar-refractivity contribution in [2.24, 2.45) is 5.92 Å². The van der Waals surface area contributed by atoms with Crippen LogP contribution in [0.15, 0.2) is 78.9 Å². The zero-order valence-corrected chi connectivity index (χ0v) is 32.3. The van der Waals surface area contributed by atoms with Crippen LogP contribution in [0.2, 0.25) is 18.1 Å². The third kappa shape index (κ3) is 13.8. The van der Waals surface area contributed by atoms with E-state index in [1.54, 1.807) is 7.11 Å². The van der Waals surface area contributed by atoms with Gasteiger partial charge in [0.2, 0.25) is 0 Å². The molecule has 0 heterocycles. The smallest absolute Gasteiger partial charge is 0.407 e. The number of aliphatic carboxylic acids is 1. The molecular weight excluding hydrogens is 651 g/mol. The zero-order chi connectivity index (χ0) is 37.0. The Kier molecular flexibility index (Phi) is 14.9. The molecule has 0 aliphatic carbocycles. The first-order chi connectivity index (χ1) is 23.5. The number of amides is 1. The maximum Gasteiger partial charge on any atom is 0.407 e. The fourth-order valence-electron chi connectivity index (χ4n) is 5.10. The Morgan fingerprint density at radius 1 is 0.760 bits per heavy atom. The van der Waals surface area contributed by atoms with Crippen molar-refractivity contribution in [3.8, 4) is 11.5 Å². The molecule has 274 valence electrons. The predicted molar refractivity (Wildman–Crippen MR) is 199 cm³/mol. The summed E-state index contributed by atoms with van der Waals surface area (Å²) < 4.78 is 29.5. The number of ether oxygens (including phenoxy) is 4. The molecule has 1 amide bonds. The first kappa shape index (κ1) is 40.6. The van der Waals surface area contributed by atoms with Crippen LogP contribution in [0.4, 0.5) is 4.79 Å². The second-order valence-electron chi connectivity index (χ2n) is 15.3. The Morgan fingerprint density at radius 3 is 1.84 bits per heavy atom. The van der Waals surface area contributed by atoms with Gasteiger partial charge in [0.15, 0.2) is 8.32 Å². The summed E-state index contributed by atoms with van der Waals surface area (Å²) in [4.78, 5) is 26.1. The third-order valence-electron chi connectivity index (χ3n) is 8.86. The van der Waals surface area contributed by atoms with Crippen LogP contribution in [-0.4, -0.2) is 63.6 Å². The molecule has 50 heavy (non-hydrogen) atoms. The van der Waals surface area contributed by atoms with Crippen LogP contribution in [0, 0.1) is 5.92 Å². The number of hydrogen-bond acceptors (Lipinski definition) is 7. The van der Waals surface area contributed by atoms with E-state index in [1.165, 1.54) is 0 Å². The minimum absolute atomic E-state index is 0.156. The van der Waals surface area contributed by atoms with Gasteiger partial charge in [0, 0.05) is 7.11 Å². The molecule has 3 aromatic rings. The summed E-state index contributed by atoms with van der Waals surface area (Å²) in [6.07, 6.45) is -0.318. The predicted octanol–water partition coefficient (Wildman–Crippen LogP) is 8.45. The minimum Gasteiger partial charge on any atom is -0.491 e. The van der Waals surface area contributed by atoms with Gasteiger partial charge in [-0.25, -0.2) is 4.79 Å². The fraction of sp³-hybridized carbons (Fsp3) is 0.500. The number of benzene rings is 3. The standard InChI is InChI=1S/C40H57NO8Si/c1-39(2,3)48-38(44)41-35(26-30-17-19-33(20-18-30)46-24-23-45-7)36(49-50(8,9)40(4,5)6)27-32(37(42)43)25-29-15-21-34(22-16-29)47-28-31-13-11-10-12-14-31/h10-22,32,35-36H,23-28H2,1-9H3,(H,41,44)(H,42,43). The average Bonchev–Trinajstić information content (AvgIpc) is 3.03. The van der Waals surface area contributed by atoms with Gasteiger partial charge in [0.25, 0.3) is 0 Å². The van der Waals surface area contributed by atoms with Crippen molar-refractivity contribution in [1.29, 1.82) is 0 Å². The van der Waals surface area contributed by atoms with E-state index in [4.69, 9.17) is 23.4 Å². The number of methoxy groups -OCH3 is 1. The summed E-state index contributed by atoms with van der Waals surface area (Å²) >= 11 is 0. The van der Waals surface area contributed by atoms with Crippen molar-refractivity contribution in [1.82, 2.24) is 5.32 Å². The quantitative estimate of drug-likeness (QED) is 0.100. The molecule has 0 saturated heterocycles. The van der Waals surface area contributed by atoms with Crippen molar-refractivity contribution in [2.75, 3.05) is 20.3 Å². The highest BCUT2D eigenvalue weighted by Gasteiger charge is 2.42. The number of nitrogens with one attached hydrogen (secondary N) is 1. The molecule has 0 radical (unpaired) electrons. The summed E-state index contributed by atoms with van der Waals surface area (Å²) in [6, 6.07) is 24.6. The van der Waals surface area contributed by atoms with Gasteiger partial charge >= 0.3 is 12.1 Å². The highest BCUT2D eigenvalue weighted by atomic mass is 28.4. The van der Waals surface area contributed by atoms with E-state index in [1.807, 2.05) is 99.6 Å². The molecule has 10 heteroatoms. The third-order valence-corrected chi connectivity index (χ3v) is 13.4. The average molecular weight is 708 g/mol. The largest absolute Gasteiger partial charge is 0.491 e. The maximum atomic E-state index is 13.3. The van der Waals surface area contributed by atoms with E-state index in [0.717, 1.165) is 16.7 Å². The monoisotopic (exact) mass is 707 g/mol. The Bertz CT molecular complexity index is 1460. The van der Waals surface area contributed by atoms with Crippen LogP contribution in [0.25, 0.3) is 0 Å². The van der Waals surface area contributed by atoms with E-state index in [0.29, 0.717) is 44.2 Å². The maximum absolute atomic E-state index is 13.3. The summed E-state index contributed by atoms with van der Waals surface area (Å²) in [6.45, 7) is 17.5. The van der Waals surface area contributed by atoms with Crippen molar-refractivity contribution in [3.05, 3.63) is 95.6 Å². The van der Waals surface area contributed by atoms with Crippen LogP contribution in [0.3, 0.4) is 0 Å². The van der Waals surface area contributed by atoms with Crippen LogP contribution < -0.4 is 14.8 Å². The van der Waals surface area contributed by atoms with Gasteiger partial charge < -0.3 is 33.8 Å². The number of carbonyl (C=O) groups is 2. The van der Waals surface area contributed by atoms with E-state index >= 15 is 0 Å². The van der Waals surface area contributed by atoms with E-state index in [-0.39, 0.29) is 11.5 Å². The van der Waals surface area contributed by atoms with Crippen molar-refractivity contribution >= 4 is 20.4 Å². The first-order valence-corrected chi connectivity index (χ1v) is 20.2. The molecule has 3 aromatic carbocycles. The molecular formula is C40H57NO8Si. The Balaban J connectivity index is 1.89. The lowest BCUT2D eigenvalue weighted by molar-refractivity contribution is -0.142. The van der Waals surface area contributed by atoms with Crippen molar-refractivity contribution in [2.45, 2.75) is 103 Å². The molecule has 0 aromatic heterocycles. The highest BCUT2D eigenvalue weighted by Crippen LogP contribution is 2.39. The van der Waals surface area contributed by atoms with Gasteiger partial charge in [0.1, 0.15) is 30.3 Å². The van der Waals surface area contributed by atoms with E-state index < -0.39 is 44.0 Å². The Morgan fingerprint density at radius 2 is 1.32 bits per heavy atom. The van der Waals surface area contributed by atoms with E-state index in [9.17, 15) is 14.7 Å². The molecule has 0 aliphatic rings. The number of alkyl carbamates (subject to hydrolysis) is 1. The van der Waals surface area contributed by atoms with Gasteiger partial charge in [0.05, 0.1) is 24.7 Å². The van der Waals surface area contributed by atoms with E-state index in [2.05, 4.69) is 39.2 Å². The second-order valence-corrected chi connectivity index (χ2v) is 20.0. The number of rotatable bonds is 18. The number of carboxylic acids is 1. The van der Waals surface area contributed by atoms with Gasteiger partial charge in [-0.3, -0.25) is 4.79 Å². The Hall–Kier alpha value is -3.86. The molecule has 0 saturated carbocycles. The molecule has 3 unspecified atom stereocenters. The second kappa shape index (κ2) is 18.4. The summed E-state index contributed by atoms with van der Waals surface area (Å²) in [5, 5.41) is 13.4. The van der Waals surface area contributed by atoms with Crippen molar-refractivity contribution in [3.63, 3.8) is 0 Å². The fourth-order valence-corrected chi connectivity index (χ4v) is 6.47. The number of carbonyl (C=O) groups excluding carboxylic acids is 1. The van der Waals surface area contributed by atoms with Crippen LogP contribution in [0.5, 0.6) is 11.5 Å². The molecule has 0 fully saturated rings. The summed E-state index contributed by atoms with van der Waals surface area (Å²) in [7, 11) is -0.820. The highest BCUT2D eigenvalue weighted by molar-refractivity contribution is 6.74. The Labute approximate surface area is 299 Å². The van der Waals surface area contributed by atoms with Crippen LogP contribution >= 0.6 is 0 Å². The molecule has 2 N–H and O–H groups in total. The van der Waals surface area contributed by atoms with Crippen LogP contribution in [0.1, 0.15) is 64.7 Å². The van der Waals surface area contributed by atoms with Crippen molar-refractivity contribution < 1.29 is 38.1 Å². The molecule has 9 nitrogen and oxygen atoms in total. The molecule has 0 aliphatic heterocycles. The first-order valence-electron chi connectivity index (χ1n) is 17.3. The van der Waals surface area contributed by atoms with Gasteiger partial charge in [-0.1, -0.05) is 75.4 Å². The van der Waals surface area contributed by atoms with Crippen LogP contribution in [-0.2, 0) is 38.1 Å². The lowest BCUT2D eigenvalue weighted by Gasteiger charge is -2.42. The van der Waals surface area contributed by atoms with Gasteiger partial charge in [-0.05, 0) is 99.1 Å². The zero-order valence-electron chi connectivity index (χ0n) is 31.3. The lowest BCUT2D eigenvalue weighted by atomic mass is 9.89. The lowest BCUT2D eigenvalue weighted by Crippen LogP contribution is -2.54. The summed E-state index contributed by atoms with van der Waals surface area (Å²) in [5.41, 5.74) is 2.16.